The standard InChI is InChI=1S/C25H26FN3O3/c26-20-6-4-16(5-7-20)14-27-24(31)19-13-23(30)29(15-19)21-8-9-22-18(12-21)10-11-28(22)25(32)17-2-1-3-17/h4-9,12,17,19H,1-3,10-11,13-15H2,(H,27,31)/t19-/m1/s1. The number of benzene rings is 2. The molecule has 2 aromatic rings. The van der Waals surface area contributed by atoms with Crippen LogP contribution in [0.4, 0.5) is 15.8 Å². The Morgan fingerprint density at radius 2 is 1.84 bits per heavy atom. The van der Waals surface area contributed by atoms with Gasteiger partial charge in [-0.25, -0.2) is 4.39 Å². The highest BCUT2D eigenvalue weighted by atomic mass is 19.1. The number of amides is 3. The fourth-order valence-electron chi connectivity index (χ4n) is 4.73. The van der Waals surface area contributed by atoms with E-state index in [9.17, 15) is 18.8 Å². The maximum Gasteiger partial charge on any atom is 0.230 e. The number of nitrogens with one attached hydrogen (secondary N) is 1. The van der Waals surface area contributed by atoms with E-state index >= 15 is 0 Å². The number of halogens is 1. The third kappa shape index (κ3) is 3.87. The molecule has 1 atom stereocenters. The van der Waals surface area contributed by atoms with E-state index in [4.69, 9.17) is 0 Å². The van der Waals surface area contributed by atoms with Crippen LogP contribution in [-0.2, 0) is 27.3 Å². The SMILES string of the molecule is O=C(NCc1ccc(F)cc1)[C@@H]1CC(=O)N(c2ccc3c(c2)CCN3C(=O)C2CCC2)C1. The maximum atomic E-state index is 13.0. The average Bonchev–Trinajstić information content (AvgIpc) is 3.35. The lowest BCUT2D eigenvalue weighted by atomic mass is 9.84. The highest BCUT2D eigenvalue weighted by Crippen LogP contribution is 2.37. The van der Waals surface area contributed by atoms with Gasteiger partial charge < -0.3 is 15.1 Å². The first-order chi connectivity index (χ1) is 15.5. The van der Waals surface area contributed by atoms with E-state index in [1.165, 1.54) is 12.1 Å². The van der Waals surface area contributed by atoms with Crippen LogP contribution in [0, 0.1) is 17.7 Å². The molecule has 32 heavy (non-hydrogen) atoms. The fraction of sp³-hybridized carbons (Fsp3) is 0.400. The van der Waals surface area contributed by atoms with E-state index in [1.54, 1.807) is 17.0 Å². The number of carbonyl (C=O) groups is 3. The van der Waals surface area contributed by atoms with Gasteiger partial charge in [-0.05, 0) is 60.7 Å². The number of anilines is 2. The van der Waals surface area contributed by atoms with Gasteiger partial charge in [0.25, 0.3) is 0 Å². The number of carbonyl (C=O) groups excluding carboxylic acids is 3. The Labute approximate surface area is 186 Å². The molecule has 0 aromatic heterocycles. The predicted octanol–water partition coefficient (Wildman–Crippen LogP) is 3.18. The Bertz CT molecular complexity index is 1060. The van der Waals surface area contributed by atoms with Gasteiger partial charge in [-0.3, -0.25) is 14.4 Å². The van der Waals surface area contributed by atoms with Crippen molar-refractivity contribution >= 4 is 29.1 Å². The van der Waals surface area contributed by atoms with Crippen molar-refractivity contribution < 1.29 is 18.8 Å². The van der Waals surface area contributed by atoms with Crippen LogP contribution in [0.15, 0.2) is 42.5 Å². The van der Waals surface area contributed by atoms with Crippen LogP contribution in [0.3, 0.4) is 0 Å². The number of hydrogen-bond acceptors (Lipinski definition) is 3. The molecule has 0 bridgehead atoms. The van der Waals surface area contributed by atoms with Crippen LogP contribution in [0.5, 0.6) is 0 Å². The average molecular weight is 435 g/mol. The van der Waals surface area contributed by atoms with Gasteiger partial charge in [0.1, 0.15) is 5.82 Å². The summed E-state index contributed by atoms with van der Waals surface area (Å²) in [6.45, 7) is 1.32. The summed E-state index contributed by atoms with van der Waals surface area (Å²) in [6, 6.07) is 11.8. The Morgan fingerprint density at radius 3 is 2.56 bits per heavy atom. The van der Waals surface area contributed by atoms with E-state index < -0.39 is 5.92 Å². The zero-order chi connectivity index (χ0) is 22.2. The second-order valence-electron chi connectivity index (χ2n) is 8.93. The Balaban J connectivity index is 1.23. The molecule has 6 nitrogen and oxygen atoms in total. The van der Waals surface area contributed by atoms with Gasteiger partial charge in [0.2, 0.25) is 17.7 Å². The lowest BCUT2D eigenvalue weighted by molar-refractivity contribution is -0.126. The van der Waals surface area contributed by atoms with Crippen molar-refractivity contribution in [3.05, 3.63) is 59.4 Å². The smallest absolute Gasteiger partial charge is 0.230 e. The molecule has 0 unspecified atom stereocenters. The van der Waals surface area contributed by atoms with E-state index in [0.717, 1.165) is 48.2 Å². The Hall–Kier alpha value is -3.22. The second kappa shape index (κ2) is 8.37. The molecule has 7 heteroatoms. The first kappa shape index (κ1) is 20.7. The number of fused-ring (bicyclic) bond motifs is 1. The molecule has 1 N–H and O–H groups in total. The minimum Gasteiger partial charge on any atom is -0.352 e. The van der Waals surface area contributed by atoms with Gasteiger partial charge in [0.05, 0.1) is 5.92 Å². The van der Waals surface area contributed by atoms with E-state index in [-0.39, 0.29) is 35.9 Å². The summed E-state index contributed by atoms with van der Waals surface area (Å²) in [5, 5.41) is 2.85. The van der Waals surface area contributed by atoms with Crippen molar-refractivity contribution in [3.63, 3.8) is 0 Å². The minimum absolute atomic E-state index is 0.0766. The Morgan fingerprint density at radius 1 is 1.06 bits per heavy atom. The van der Waals surface area contributed by atoms with Gasteiger partial charge in [-0.2, -0.15) is 0 Å². The summed E-state index contributed by atoms with van der Waals surface area (Å²) in [4.78, 5) is 41.5. The molecule has 2 aromatic carbocycles. The maximum absolute atomic E-state index is 13.0. The third-order valence-corrected chi connectivity index (χ3v) is 6.87. The van der Waals surface area contributed by atoms with E-state index in [2.05, 4.69) is 5.32 Å². The van der Waals surface area contributed by atoms with Crippen molar-refractivity contribution in [2.75, 3.05) is 22.9 Å². The molecule has 2 aliphatic heterocycles. The monoisotopic (exact) mass is 435 g/mol. The van der Waals surface area contributed by atoms with Crippen molar-refractivity contribution in [1.82, 2.24) is 5.32 Å². The zero-order valence-corrected chi connectivity index (χ0v) is 17.9. The first-order valence-electron chi connectivity index (χ1n) is 11.3. The van der Waals surface area contributed by atoms with Gasteiger partial charge in [-0.15, -0.1) is 0 Å². The highest BCUT2D eigenvalue weighted by Gasteiger charge is 2.37. The molecular formula is C25H26FN3O3. The van der Waals surface area contributed by atoms with Crippen LogP contribution >= 0.6 is 0 Å². The minimum atomic E-state index is -0.423. The molecule has 5 rings (SSSR count). The summed E-state index contributed by atoms with van der Waals surface area (Å²) < 4.78 is 13.0. The summed E-state index contributed by atoms with van der Waals surface area (Å²) in [5.74, 6) is -0.612. The van der Waals surface area contributed by atoms with Crippen LogP contribution in [0.2, 0.25) is 0 Å². The second-order valence-corrected chi connectivity index (χ2v) is 8.93. The number of hydrogen-bond donors (Lipinski definition) is 1. The predicted molar refractivity (Wildman–Crippen MR) is 119 cm³/mol. The molecule has 3 aliphatic rings. The largest absolute Gasteiger partial charge is 0.352 e. The van der Waals surface area contributed by atoms with Gasteiger partial charge in [-0.1, -0.05) is 18.6 Å². The topological polar surface area (TPSA) is 69.7 Å². The third-order valence-electron chi connectivity index (χ3n) is 6.87. The molecule has 1 aliphatic carbocycles. The van der Waals surface area contributed by atoms with Gasteiger partial charge >= 0.3 is 0 Å². The fourth-order valence-corrected chi connectivity index (χ4v) is 4.73. The van der Waals surface area contributed by atoms with Crippen molar-refractivity contribution in [3.8, 4) is 0 Å². The number of rotatable bonds is 5. The summed E-state index contributed by atoms with van der Waals surface area (Å²) in [7, 11) is 0. The van der Waals surface area contributed by atoms with Gasteiger partial charge in [0, 0.05) is 43.3 Å². The summed E-state index contributed by atoms with van der Waals surface area (Å²) in [6.07, 6.45) is 4.04. The van der Waals surface area contributed by atoms with E-state index in [0.29, 0.717) is 19.6 Å². The van der Waals surface area contributed by atoms with E-state index in [1.807, 2.05) is 23.1 Å². The lowest BCUT2D eigenvalue weighted by Crippen LogP contribution is -2.37. The van der Waals surface area contributed by atoms with Crippen LogP contribution in [0.1, 0.15) is 36.8 Å². The molecule has 1 saturated carbocycles. The molecule has 3 amide bonds. The van der Waals surface area contributed by atoms with Crippen LogP contribution < -0.4 is 15.1 Å². The lowest BCUT2D eigenvalue weighted by Gasteiger charge is -2.29. The molecule has 1 saturated heterocycles. The summed E-state index contributed by atoms with van der Waals surface area (Å²) in [5.41, 5.74) is 3.61. The molecular weight excluding hydrogens is 409 g/mol. The first-order valence-corrected chi connectivity index (χ1v) is 11.3. The molecule has 0 radical (unpaired) electrons. The molecule has 0 spiro atoms. The quantitative estimate of drug-likeness (QED) is 0.784. The van der Waals surface area contributed by atoms with Gasteiger partial charge in [0.15, 0.2) is 0 Å². The van der Waals surface area contributed by atoms with Crippen LogP contribution in [-0.4, -0.2) is 30.8 Å². The Kier molecular flexibility index (Phi) is 5.41. The normalized spacial score (nSPS) is 20.3. The summed E-state index contributed by atoms with van der Waals surface area (Å²) >= 11 is 0. The molecule has 2 heterocycles. The highest BCUT2D eigenvalue weighted by molar-refractivity contribution is 6.01. The zero-order valence-electron chi connectivity index (χ0n) is 17.9. The number of nitrogens with zero attached hydrogens (tertiary/aromatic N) is 2. The molecule has 2 fully saturated rings. The van der Waals surface area contributed by atoms with Crippen molar-refractivity contribution in [2.45, 2.75) is 38.6 Å². The van der Waals surface area contributed by atoms with Crippen molar-refractivity contribution in [2.24, 2.45) is 11.8 Å². The molecule has 166 valence electrons. The van der Waals surface area contributed by atoms with Crippen molar-refractivity contribution in [1.29, 1.82) is 0 Å². The van der Waals surface area contributed by atoms with Crippen LogP contribution in [0.25, 0.3) is 0 Å².